The minimum atomic E-state index is -1.31. The van der Waals surface area contributed by atoms with Gasteiger partial charge in [0.05, 0.1) is 21.7 Å². The van der Waals surface area contributed by atoms with Gasteiger partial charge in [0.15, 0.2) is 18.3 Å². The normalized spacial score (nSPS) is 25.5. The van der Waals surface area contributed by atoms with Gasteiger partial charge in [-0.15, -0.1) is 0 Å². The average Bonchev–Trinajstić information content (AvgIpc) is 2.67. The molecule has 36 heavy (non-hydrogen) atoms. The van der Waals surface area contributed by atoms with Crippen molar-refractivity contribution in [1.29, 1.82) is 0 Å². The SMILES string of the molecule is CC(C)(C)C(=O)OC[C@H]1O[C@@H](N)[C@H](OC(=O)C(C)(C)C)C(OC(=O)C(C)(C)C)C1OC(=O)C(C)(C)C. The van der Waals surface area contributed by atoms with Crippen LogP contribution in [0.4, 0.5) is 0 Å². The highest BCUT2D eigenvalue weighted by atomic mass is 16.7. The zero-order chi connectivity index (χ0) is 28.4. The van der Waals surface area contributed by atoms with Crippen LogP contribution < -0.4 is 5.73 Å². The fraction of sp³-hybridized carbons (Fsp3) is 0.846. The molecule has 1 rings (SSSR count). The molecule has 0 radical (unpaired) electrons. The maximum Gasteiger partial charge on any atom is 0.311 e. The Morgan fingerprint density at radius 2 is 0.917 bits per heavy atom. The molecule has 1 aliphatic rings. The quantitative estimate of drug-likeness (QED) is 0.429. The van der Waals surface area contributed by atoms with E-state index in [1.54, 1.807) is 83.1 Å². The van der Waals surface area contributed by atoms with Crippen molar-refractivity contribution < 1.29 is 42.9 Å². The second-order valence-electron chi connectivity index (χ2n) is 13.3. The van der Waals surface area contributed by atoms with Crippen molar-refractivity contribution in [2.45, 2.75) is 114 Å². The smallest absolute Gasteiger partial charge is 0.311 e. The summed E-state index contributed by atoms with van der Waals surface area (Å²) in [5, 5.41) is 0. The summed E-state index contributed by atoms with van der Waals surface area (Å²) in [5.41, 5.74) is 2.71. The molecule has 1 heterocycles. The van der Waals surface area contributed by atoms with E-state index < -0.39 is 76.2 Å². The first-order valence-electron chi connectivity index (χ1n) is 12.2. The molecule has 0 aliphatic carbocycles. The Labute approximate surface area is 214 Å². The number of esters is 4. The van der Waals surface area contributed by atoms with Crippen LogP contribution in [0.3, 0.4) is 0 Å². The molecule has 1 aliphatic heterocycles. The molecule has 0 amide bonds. The summed E-state index contributed by atoms with van der Waals surface area (Å²) >= 11 is 0. The van der Waals surface area contributed by atoms with Gasteiger partial charge in [-0.05, 0) is 83.1 Å². The molecular weight excluding hydrogens is 470 g/mol. The minimum absolute atomic E-state index is 0.324. The van der Waals surface area contributed by atoms with Crippen LogP contribution in [0.15, 0.2) is 0 Å². The topological polar surface area (TPSA) is 140 Å². The predicted molar refractivity (Wildman–Crippen MR) is 131 cm³/mol. The van der Waals surface area contributed by atoms with Crippen LogP contribution in [0, 0.1) is 21.7 Å². The number of nitrogens with two attached hydrogens (primary N) is 1. The molecule has 10 nitrogen and oxygen atoms in total. The molecule has 5 atom stereocenters. The Hall–Kier alpha value is -2.20. The zero-order valence-electron chi connectivity index (χ0n) is 23.8. The molecule has 10 heteroatoms. The maximum absolute atomic E-state index is 12.9. The maximum atomic E-state index is 12.9. The molecule has 0 aromatic rings. The predicted octanol–water partition coefficient (Wildman–Crippen LogP) is 3.13. The minimum Gasteiger partial charge on any atom is -0.462 e. The van der Waals surface area contributed by atoms with Crippen molar-refractivity contribution >= 4 is 23.9 Å². The molecular formula is C26H45NO9. The first kappa shape index (κ1) is 31.8. The van der Waals surface area contributed by atoms with Gasteiger partial charge in [0.1, 0.15) is 18.9 Å². The van der Waals surface area contributed by atoms with E-state index >= 15 is 0 Å². The highest BCUT2D eigenvalue weighted by Gasteiger charge is 2.53. The molecule has 2 N–H and O–H groups in total. The third-order valence-electron chi connectivity index (χ3n) is 5.23. The molecule has 0 aromatic carbocycles. The lowest BCUT2D eigenvalue weighted by atomic mass is 9.92. The van der Waals surface area contributed by atoms with Gasteiger partial charge >= 0.3 is 23.9 Å². The first-order valence-corrected chi connectivity index (χ1v) is 12.2. The molecule has 0 saturated carbocycles. The van der Waals surface area contributed by atoms with Crippen LogP contribution in [0.1, 0.15) is 83.1 Å². The summed E-state index contributed by atoms with van der Waals surface area (Å²) in [6.45, 7) is 19.7. The second-order valence-corrected chi connectivity index (χ2v) is 13.3. The monoisotopic (exact) mass is 515 g/mol. The van der Waals surface area contributed by atoms with Gasteiger partial charge in [0, 0.05) is 0 Å². The van der Waals surface area contributed by atoms with E-state index in [4.69, 9.17) is 29.4 Å². The highest BCUT2D eigenvalue weighted by molar-refractivity contribution is 5.78. The van der Waals surface area contributed by atoms with Crippen molar-refractivity contribution in [3.05, 3.63) is 0 Å². The van der Waals surface area contributed by atoms with Gasteiger partial charge in [-0.1, -0.05) is 0 Å². The summed E-state index contributed by atoms with van der Waals surface area (Å²) in [7, 11) is 0. The van der Waals surface area contributed by atoms with Crippen molar-refractivity contribution in [2.24, 2.45) is 27.4 Å². The summed E-state index contributed by atoms with van der Waals surface area (Å²) < 4.78 is 28.5. The summed E-state index contributed by atoms with van der Waals surface area (Å²) in [6.07, 6.45) is -6.20. The molecule has 2 unspecified atom stereocenters. The Morgan fingerprint density at radius 3 is 1.28 bits per heavy atom. The van der Waals surface area contributed by atoms with Gasteiger partial charge in [-0.25, -0.2) is 0 Å². The van der Waals surface area contributed by atoms with Crippen LogP contribution in [-0.2, 0) is 42.9 Å². The standard InChI is InChI=1S/C26H45NO9/c1-23(2,3)19(28)32-13-14-15(34-20(29)24(4,5)6)16(35-21(30)25(7,8)9)17(18(27)33-14)36-22(31)26(10,11)12/h14-18H,13,27H2,1-12H3/t14-,15?,16?,17-,18-/m1/s1. The van der Waals surface area contributed by atoms with E-state index in [-0.39, 0.29) is 6.61 Å². The number of carbonyl (C=O) groups excluding carboxylic acids is 4. The Morgan fingerprint density at radius 1 is 0.583 bits per heavy atom. The van der Waals surface area contributed by atoms with Gasteiger partial charge in [-0.3, -0.25) is 19.2 Å². The fourth-order valence-corrected chi connectivity index (χ4v) is 2.76. The van der Waals surface area contributed by atoms with Gasteiger partial charge in [0.25, 0.3) is 0 Å². The molecule has 0 bridgehead atoms. The van der Waals surface area contributed by atoms with Crippen LogP contribution >= 0.6 is 0 Å². The Bertz CT molecular complexity index is 824. The third-order valence-corrected chi connectivity index (χ3v) is 5.23. The summed E-state index contributed by atoms with van der Waals surface area (Å²) in [5.74, 6) is -2.36. The second kappa shape index (κ2) is 11.0. The number of hydrogen-bond acceptors (Lipinski definition) is 10. The van der Waals surface area contributed by atoms with Crippen molar-refractivity contribution in [3.8, 4) is 0 Å². The van der Waals surface area contributed by atoms with E-state index in [0.29, 0.717) is 0 Å². The van der Waals surface area contributed by atoms with Crippen LogP contribution in [0.2, 0.25) is 0 Å². The van der Waals surface area contributed by atoms with Crippen LogP contribution in [-0.4, -0.2) is 61.1 Å². The highest BCUT2D eigenvalue weighted by Crippen LogP contribution is 2.32. The Balaban J connectivity index is 3.50. The molecule has 0 aromatic heterocycles. The fourth-order valence-electron chi connectivity index (χ4n) is 2.76. The van der Waals surface area contributed by atoms with Crippen molar-refractivity contribution in [3.63, 3.8) is 0 Å². The van der Waals surface area contributed by atoms with Crippen LogP contribution in [0.5, 0.6) is 0 Å². The molecule has 1 saturated heterocycles. The average molecular weight is 516 g/mol. The number of hydrogen-bond donors (Lipinski definition) is 1. The lowest BCUT2D eigenvalue weighted by molar-refractivity contribution is -0.259. The van der Waals surface area contributed by atoms with E-state index in [2.05, 4.69) is 0 Å². The summed E-state index contributed by atoms with van der Waals surface area (Å²) in [6, 6.07) is 0. The first-order chi connectivity index (χ1) is 16.0. The third kappa shape index (κ3) is 8.73. The van der Waals surface area contributed by atoms with Crippen molar-refractivity contribution in [1.82, 2.24) is 0 Å². The van der Waals surface area contributed by atoms with Crippen LogP contribution in [0.25, 0.3) is 0 Å². The van der Waals surface area contributed by atoms with E-state index in [1.165, 1.54) is 0 Å². The summed E-state index contributed by atoms with van der Waals surface area (Å²) in [4.78, 5) is 51.0. The Kier molecular flexibility index (Phi) is 9.77. The lowest BCUT2D eigenvalue weighted by Gasteiger charge is -2.45. The van der Waals surface area contributed by atoms with E-state index in [9.17, 15) is 19.2 Å². The lowest BCUT2D eigenvalue weighted by Crippen LogP contribution is -2.65. The van der Waals surface area contributed by atoms with E-state index in [0.717, 1.165) is 0 Å². The molecule has 0 spiro atoms. The van der Waals surface area contributed by atoms with E-state index in [1.807, 2.05) is 0 Å². The van der Waals surface area contributed by atoms with Gasteiger partial charge in [0.2, 0.25) is 0 Å². The van der Waals surface area contributed by atoms with Gasteiger partial charge < -0.3 is 29.4 Å². The molecule has 1 fully saturated rings. The van der Waals surface area contributed by atoms with Gasteiger partial charge in [-0.2, -0.15) is 0 Å². The molecule has 208 valence electrons. The number of carbonyl (C=O) groups is 4. The zero-order valence-corrected chi connectivity index (χ0v) is 23.8. The number of rotatable bonds is 5. The largest absolute Gasteiger partial charge is 0.462 e. The van der Waals surface area contributed by atoms with Crippen molar-refractivity contribution in [2.75, 3.05) is 6.61 Å². The number of ether oxygens (including phenoxy) is 5.